The number of nitriles is 1. The smallest absolute Gasteiger partial charge is 0.351 e. The number of hydrogen-bond acceptors (Lipinski definition) is 10. The second-order valence-electron chi connectivity index (χ2n) is 8.84. The van der Waals surface area contributed by atoms with E-state index in [0.29, 0.717) is 12.3 Å². The fourth-order valence-corrected chi connectivity index (χ4v) is 4.69. The molecule has 4 aliphatic heterocycles. The molecule has 10 heteroatoms. The minimum atomic E-state index is -1.23. The van der Waals surface area contributed by atoms with E-state index in [1.807, 2.05) is 48.2 Å². The number of ether oxygens (including phenoxy) is 1. The molecule has 0 aliphatic carbocycles. The third-order valence-corrected chi connectivity index (χ3v) is 6.60. The van der Waals surface area contributed by atoms with Gasteiger partial charge in [-0.25, -0.2) is 15.3 Å². The fourth-order valence-electron chi connectivity index (χ4n) is 4.69. The van der Waals surface area contributed by atoms with Gasteiger partial charge in [0.05, 0.1) is 22.6 Å². The van der Waals surface area contributed by atoms with E-state index in [2.05, 4.69) is 39.0 Å². The van der Waals surface area contributed by atoms with E-state index in [-0.39, 0.29) is 0 Å². The molecule has 4 heterocycles. The molecule has 1 unspecified atom stereocenters. The molecule has 2 aromatic carbocycles. The number of rotatable bonds is 4. The summed E-state index contributed by atoms with van der Waals surface area (Å²) in [5.74, 6) is 0.386. The monoisotopic (exact) mass is 458 g/mol. The lowest BCUT2D eigenvalue weighted by atomic mass is 10.1. The van der Waals surface area contributed by atoms with Crippen molar-refractivity contribution in [2.24, 2.45) is 4.99 Å². The van der Waals surface area contributed by atoms with Gasteiger partial charge in [0.1, 0.15) is 17.6 Å². The van der Waals surface area contributed by atoms with Crippen molar-refractivity contribution < 1.29 is 9.57 Å². The zero-order valence-electron chi connectivity index (χ0n) is 19.1. The highest BCUT2D eigenvalue weighted by molar-refractivity contribution is 5.85. The lowest BCUT2D eigenvalue weighted by Crippen LogP contribution is -2.51. The van der Waals surface area contributed by atoms with Gasteiger partial charge < -0.3 is 25.2 Å². The molecule has 1 atom stereocenters. The molecule has 10 nitrogen and oxygen atoms in total. The van der Waals surface area contributed by atoms with Crippen LogP contribution in [0.5, 0.6) is 5.75 Å². The van der Waals surface area contributed by atoms with Crippen molar-refractivity contribution in [1.29, 1.82) is 5.26 Å². The van der Waals surface area contributed by atoms with Crippen LogP contribution in [0.2, 0.25) is 0 Å². The summed E-state index contributed by atoms with van der Waals surface area (Å²) in [6, 6.07) is 14.1. The summed E-state index contributed by atoms with van der Waals surface area (Å²) in [6.07, 6.45) is 1.79. The van der Waals surface area contributed by atoms with Gasteiger partial charge in [0, 0.05) is 43.7 Å². The second-order valence-corrected chi connectivity index (χ2v) is 8.84. The van der Waals surface area contributed by atoms with Crippen molar-refractivity contribution in [3.8, 4) is 11.8 Å². The minimum absolute atomic E-state index is 0.452. The average molecular weight is 459 g/mol. The standard InChI is InChI=1S/C24H26N8O2/c1-16-14-27-24(32(23(16)29-34-24)19-4-6-22-20(12-19)26-15-33-22)28-18-3-5-21(17(11-18)13-25)31-9-7-30(2)8-10-31/h3-6,11-12,14,26,28-29H,7-10,15H2,1-2H3. The van der Waals surface area contributed by atoms with Crippen LogP contribution in [0.25, 0.3) is 0 Å². The van der Waals surface area contributed by atoms with E-state index < -0.39 is 5.97 Å². The Morgan fingerprint density at radius 2 is 2.00 bits per heavy atom. The van der Waals surface area contributed by atoms with Crippen LogP contribution in [0.3, 0.4) is 0 Å². The van der Waals surface area contributed by atoms with Crippen molar-refractivity contribution in [2.45, 2.75) is 12.9 Å². The van der Waals surface area contributed by atoms with Crippen LogP contribution in [-0.2, 0) is 4.84 Å². The van der Waals surface area contributed by atoms with Gasteiger partial charge in [0.15, 0.2) is 6.73 Å². The van der Waals surface area contributed by atoms with Gasteiger partial charge in [0.25, 0.3) is 0 Å². The van der Waals surface area contributed by atoms with Crippen LogP contribution in [-0.4, -0.2) is 57.0 Å². The summed E-state index contributed by atoms with van der Waals surface area (Å²) in [7, 11) is 2.12. The highest BCUT2D eigenvalue weighted by Crippen LogP contribution is 2.42. The number of nitrogens with zero attached hydrogens (tertiary/aromatic N) is 5. The first-order chi connectivity index (χ1) is 16.6. The number of benzene rings is 2. The topological polar surface area (TPSA) is 100 Å². The Morgan fingerprint density at radius 1 is 1.15 bits per heavy atom. The highest BCUT2D eigenvalue weighted by atomic mass is 16.7. The summed E-state index contributed by atoms with van der Waals surface area (Å²) in [4.78, 5) is 17.3. The van der Waals surface area contributed by atoms with Crippen LogP contribution in [0, 0.1) is 11.3 Å². The van der Waals surface area contributed by atoms with E-state index in [4.69, 9.17) is 14.6 Å². The fraction of sp³-hybridized carbons (Fsp3) is 0.333. The van der Waals surface area contributed by atoms with Gasteiger partial charge in [-0.15, -0.1) is 0 Å². The summed E-state index contributed by atoms with van der Waals surface area (Å²) in [5.41, 5.74) is 8.09. The molecular weight excluding hydrogens is 432 g/mol. The molecule has 34 heavy (non-hydrogen) atoms. The molecule has 2 fully saturated rings. The van der Waals surface area contributed by atoms with Crippen LogP contribution >= 0.6 is 0 Å². The maximum absolute atomic E-state index is 9.89. The molecule has 3 N–H and O–H groups in total. The van der Waals surface area contributed by atoms with Crippen molar-refractivity contribution in [3.63, 3.8) is 0 Å². The number of piperazine rings is 1. The minimum Gasteiger partial charge on any atom is -0.471 e. The third kappa shape index (κ3) is 3.29. The number of allylic oxidation sites excluding steroid dienone is 1. The quantitative estimate of drug-likeness (QED) is 0.638. The molecule has 174 valence electrons. The molecule has 0 aromatic heterocycles. The number of likely N-dealkylation sites (N-methyl/N-ethyl adjacent to an activating group) is 1. The Kier molecular flexibility index (Phi) is 4.76. The zero-order valence-corrected chi connectivity index (χ0v) is 19.1. The Hall–Kier alpha value is -3.94. The Labute approximate surface area is 198 Å². The van der Waals surface area contributed by atoms with Crippen molar-refractivity contribution in [2.75, 3.05) is 60.4 Å². The maximum Gasteiger partial charge on any atom is 0.351 e. The van der Waals surface area contributed by atoms with Gasteiger partial charge in [-0.05, 0) is 50.4 Å². The van der Waals surface area contributed by atoms with Gasteiger partial charge in [-0.1, -0.05) is 0 Å². The number of aliphatic imine (C=N–C) groups is 1. The van der Waals surface area contributed by atoms with Gasteiger partial charge in [-0.2, -0.15) is 5.26 Å². The molecule has 6 rings (SSSR count). The zero-order chi connectivity index (χ0) is 23.3. The Balaban J connectivity index is 1.33. The van der Waals surface area contributed by atoms with Crippen LogP contribution in [0.4, 0.5) is 22.7 Å². The number of fused-ring (bicyclic) bond motifs is 3. The first kappa shape index (κ1) is 20.7. The molecule has 2 bridgehead atoms. The normalized spacial score (nSPS) is 23.2. The Morgan fingerprint density at radius 3 is 2.82 bits per heavy atom. The second kappa shape index (κ2) is 7.83. The molecular formula is C24H26N8O2. The highest BCUT2D eigenvalue weighted by Gasteiger charge is 2.49. The lowest BCUT2D eigenvalue weighted by molar-refractivity contribution is -0.0214. The first-order valence-electron chi connectivity index (χ1n) is 11.3. The summed E-state index contributed by atoms with van der Waals surface area (Å²) in [6.45, 7) is 6.18. The summed E-state index contributed by atoms with van der Waals surface area (Å²) in [5, 5.41) is 16.5. The molecule has 2 saturated heterocycles. The first-order valence-corrected chi connectivity index (χ1v) is 11.3. The van der Waals surface area contributed by atoms with Crippen LogP contribution < -0.4 is 30.7 Å². The SMILES string of the molecule is CC1=C2NOC(Nc3ccc(N4CCN(C)CC4)c(C#N)c3)(N=C1)N2c1ccc2c(c1)NCO2. The molecule has 2 aromatic rings. The largest absolute Gasteiger partial charge is 0.471 e. The lowest BCUT2D eigenvalue weighted by Gasteiger charge is -2.36. The van der Waals surface area contributed by atoms with Gasteiger partial charge in [-0.3, -0.25) is 4.90 Å². The Bertz CT molecular complexity index is 1240. The number of hydroxylamine groups is 1. The predicted octanol–water partition coefficient (Wildman–Crippen LogP) is 2.45. The van der Waals surface area contributed by atoms with Crippen molar-refractivity contribution >= 4 is 29.0 Å². The summed E-state index contributed by atoms with van der Waals surface area (Å²) < 4.78 is 5.57. The van der Waals surface area contributed by atoms with Crippen LogP contribution in [0.1, 0.15) is 12.5 Å². The predicted molar refractivity (Wildman–Crippen MR) is 131 cm³/mol. The molecule has 0 amide bonds. The molecule has 4 aliphatic rings. The van der Waals surface area contributed by atoms with Crippen molar-refractivity contribution in [1.82, 2.24) is 10.4 Å². The molecule has 0 spiro atoms. The molecule has 0 radical (unpaired) electrons. The van der Waals surface area contributed by atoms with Crippen LogP contribution in [0.15, 0.2) is 52.8 Å². The van der Waals surface area contributed by atoms with Crippen molar-refractivity contribution in [3.05, 3.63) is 53.4 Å². The number of nitrogens with one attached hydrogen (secondary N) is 3. The summed E-state index contributed by atoms with van der Waals surface area (Å²) >= 11 is 0. The average Bonchev–Trinajstić information content (AvgIpc) is 3.43. The van der Waals surface area contributed by atoms with E-state index >= 15 is 0 Å². The number of hydrogen-bond donors (Lipinski definition) is 3. The third-order valence-electron chi connectivity index (χ3n) is 6.60. The van der Waals surface area contributed by atoms with Gasteiger partial charge >= 0.3 is 5.97 Å². The van der Waals surface area contributed by atoms with E-state index in [1.165, 1.54) is 0 Å². The van der Waals surface area contributed by atoms with E-state index in [1.54, 1.807) is 6.21 Å². The van der Waals surface area contributed by atoms with E-state index in [9.17, 15) is 5.26 Å². The number of anilines is 4. The van der Waals surface area contributed by atoms with Gasteiger partial charge in [0.2, 0.25) is 0 Å². The molecule has 0 saturated carbocycles. The maximum atomic E-state index is 9.89. The van der Waals surface area contributed by atoms with E-state index in [0.717, 1.165) is 66.1 Å².